The zero-order chi connectivity index (χ0) is 29.9. The number of para-hydroxylation sites is 1. The van der Waals surface area contributed by atoms with E-state index in [1.807, 2.05) is 0 Å². The molecule has 3 heteroatoms. The summed E-state index contributed by atoms with van der Waals surface area (Å²) in [6, 6.07) is 50.2. The predicted octanol–water partition coefficient (Wildman–Crippen LogP) is 11.7. The molecule has 0 saturated heterocycles. The van der Waals surface area contributed by atoms with Gasteiger partial charge in [0.25, 0.3) is 0 Å². The van der Waals surface area contributed by atoms with Gasteiger partial charge in [-0.15, -0.1) is 0 Å². The first kappa shape index (κ1) is 24.2. The highest BCUT2D eigenvalue weighted by Gasteiger charge is 2.24. The van der Waals surface area contributed by atoms with Gasteiger partial charge in [-0.1, -0.05) is 103 Å². The van der Waals surface area contributed by atoms with Crippen LogP contribution in [0.5, 0.6) is 0 Å². The molecule has 0 spiro atoms. The summed E-state index contributed by atoms with van der Waals surface area (Å²) in [5, 5.41) is 9.63. The van der Waals surface area contributed by atoms with Crippen LogP contribution >= 0.6 is 0 Å². The summed E-state index contributed by atoms with van der Waals surface area (Å²) in [6.07, 6.45) is 2.07. The summed E-state index contributed by atoms with van der Waals surface area (Å²) in [5.74, 6) is 0.963. The lowest BCUT2D eigenvalue weighted by Crippen LogP contribution is -1.99. The summed E-state index contributed by atoms with van der Waals surface area (Å²) in [6.45, 7) is 0. The minimum absolute atomic E-state index is 0.910. The molecule has 0 bridgehead atoms. The Morgan fingerprint density at radius 1 is 0.435 bits per heavy atom. The molecule has 1 aliphatic carbocycles. The van der Waals surface area contributed by atoms with Crippen LogP contribution in [0.1, 0.15) is 0 Å². The molecule has 7 aromatic carbocycles. The fraction of sp³-hybridized carbons (Fsp3) is 0. The maximum absolute atomic E-state index is 6.30. The number of furan rings is 1. The Hall–Kier alpha value is -6.19. The maximum Gasteiger partial charge on any atom is 0.145 e. The van der Waals surface area contributed by atoms with E-state index in [0.29, 0.717) is 0 Å². The third kappa shape index (κ3) is 3.09. The molecule has 46 heavy (non-hydrogen) atoms. The zero-order valence-corrected chi connectivity index (χ0v) is 24.7. The van der Waals surface area contributed by atoms with Crippen molar-refractivity contribution < 1.29 is 4.42 Å². The lowest BCUT2D eigenvalue weighted by Gasteiger charge is -2.12. The highest BCUT2D eigenvalue weighted by molar-refractivity contribution is 6.20. The van der Waals surface area contributed by atoms with E-state index >= 15 is 0 Å². The Morgan fingerprint density at radius 2 is 1.11 bits per heavy atom. The maximum atomic E-state index is 6.30. The lowest BCUT2D eigenvalue weighted by molar-refractivity contribution is 0.669. The number of fused-ring (bicyclic) bond motifs is 11. The summed E-state index contributed by atoms with van der Waals surface area (Å²) in [5.41, 5.74) is 11.5. The fourth-order valence-electron chi connectivity index (χ4n) is 7.96. The second kappa shape index (κ2) is 8.71. The van der Waals surface area contributed by atoms with Crippen LogP contribution in [-0.4, -0.2) is 9.55 Å². The normalized spacial score (nSPS) is 12.3. The second-order valence-electron chi connectivity index (χ2n) is 12.3. The predicted molar refractivity (Wildman–Crippen MR) is 191 cm³/mol. The minimum atomic E-state index is 0.910. The first-order chi connectivity index (χ1) is 22.8. The van der Waals surface area contributed by atoms with Gasteiger partial charge in [0.05, 0.1) is 11.0 Å². The SMILES string of the molecule is c1ccc2c(c1)-c1cccc3c(-n4c5ccccc5c5cc(-c6ccc7oc8ccc9ccccc9c8c7c6)ccc54)ncc-2c13. The Kier molecular flexibility index (Phi) is 4.58. The Labute approximate surface area is 263 Å². The second-order valence-corrected chi connectivity index (χ2v) is 12.3. The Bertz CT molecular complexity index is 2890. The number of benzene rings is 7. The Balaban J connectivity index is 1.15. The zero-order valence-electron chi connectivity index (χ0n) is 24.7. The average molecular weight is 585 g/mol. The van der Waals surface area contributed by atoms with E-state index in [1.165, 1.54) is 71.1 Å². The molecule has 0 unspecified atom stereocenters. The molecule has 1 aliphatic rings. The summed E-state index contributed by atoms with van der Waals surface area (Å²) in [4.78, 5) is 5.17. The van der Waals surface area contributed by atoms with Crippen molar-refractivity contribution in [2.24, 2.45) is 0 Å². The number of pyridine rings is 1. The van der Waals surface area contributed by atoms with Crippen molar-refractivity contribution in [3.05, 3.63) is 146 Å². The molecule has 0 aliphatic heterocycles. The van der Waals surface area contributed by atoms with E-state index in [1.54, 1.807) is 0 Å². The molecule has 0 fully saturated rings. The minimum Gasteiger partial charge on any atom is -0.456 e. The molecule has 3 aromatic heterocycles. The van der Waals surface area contributed by atoms with E-state index < -0.39 is 0 Å². The molecule has 212 valence electrons. The summed E-state index contributed by atoms with van der Waals surface area (Å²) < 4.78 is 8.64. The third-order valence-corrected chi connectivity index (χ3v) is 9.98. The van der Waals surface area contributed by atoms with Gasteiger partial charge in [0.2, 0.25) is 0 Å². The van der Waals surface area contributed by atoms with Crippen molar-refractivity contribution in [3.63, 3.8) is 0 Å². The van der Waals surface area contributed by atoms with E-state index in [9.17, 15) is 0 Å². The highest BCUT2D eigenvalue weighted by Crippen LogP contribution is 2.48. The van der Waals surface area contributed by atoms with Gasteiger partial charge in [-0.05, 0) is 75.0 Å². The molecule has 0 amide bonds. The molecule has 0 N–H and O–H groups in total. The van der Waals surface area contributed by atoms with E-state index in [2.05, 4.69) is 150 Å². The van der Waals surface area contributed by atoms with Crippen LogP contribution in [0.3, 0.4) is 0 Å². The number of hydrogen-bond acceptors (Lipinski definition) is 2. The number of aromatic nitrogens is 2. The first-order valence-corrected chi connectivity index (χ1v) is 15.7. The van der Waals surface area contributed by atoms with Gasteiger partial charge in [0.15, 0.2) is 0 Å². The van der Waals surface area contributed by atoms with Crippen molar-refractivity contribution in [1.29, 1.82) is 0 Å². The molecule has 0 atom stereocenters. The van der Waals surface area contributed by atoms with Gasteiger partial charge in [0, 0.05) is 44.1 Å². The number of hydrogen-bond donors (Lipinski definition) is 0. The van der Waals surface area contributed by atoms with Crippen LogP contribution in [0.25, 0.3) is 104 Å². The molecule has 10 aromatic rings. The van der Waals surface area contributed by atoms with E-state index in [-0.39, 0.29) is 0 Å². The molecule has 3 nitrogen and oxygen atoms in total. The topological polar surface area (TPSA) is 31.0 Å². The highest BCUT2D eigenvalue weighted by atomic mass is 16.3. The standard InChI is InChI=1S/C43H24N2O/c1-2-9-28-25(8-1)17-21-40-42(28)35-23-27(18-20-39(35)46-40)26-16-19-38-34(22-26)31-12-5-6-15-37(31)45(38)43-33-14-7-13-32-29-10-3-4-11-30(29)36(24-44-43)41(32)33/h1-24H. The third-order valence-electron chi connectivity index (χ3n) is 9.98. The van der Waals surface area contributed by atoms with E-state index in [0.717, 1.165) is 33.4 Å². The number of rotatable bonds is 2. The van der Waals surface area contributed by atoms with Gasteiger partial charge >= 0.3 is 0 Å². The van der Waals surface area contributed by atoms with Crippen molar-refractivity contribution >= 4 is 65.3 Å². The quantitative estimate of drug-likeness (QED) is 0.202. The van der Waals surface area contributed by atoms with Crippen LogP contribution in [0.15, 0.2) is 150 Å². The molecule has 11 rings (SSSR count). The monoisotopic (exact) mass is 584 g/mol. The van der Waals surface area contributed by atoms with Crippen LogP contribution < -0.4 is 0 Å². The smallest absolute Gasteiger partial charge is 0.145 e. The number of nitrogens with zero attached hydrogens (tertiary/aromatic N) is 2. The van der Waals surface area contributed by atoms with Gasteiger partial charge in [-0.2, -0.15) is 0 Å². The van der Waals surface area contributed by atoms with Crippen molar-refractivity contribution in [2.45, 2.75) is 0 Å². The van der Waals surface area contributed by atoms with Crippen molar-refractivity contribution in [3.8, 4) is 39.2 Å². The lowest BCUT2D eigenvalue weighted by atomic mass is 9.99. The van der Waals surface area contributed by atoms with Crippen molar-refractivity contribution in [1.82, 2.24) is 9.55 Å². The van der Waals surface area contributed by atoms with Gasteiger partial charge in [-0.3, -0.25) is 4.57 Å². The van der Waals surface area contributed by atoms with Gasteiger partial charge < -0.3 is 4.42 Å². The van der Waals surface area contributed by atoms with Crippen LogP contribution in [0, 0.1) is 0 Å². The van der Waals surface area contributed by atoms with Crippen molar-refractivity contribution in [2.75, 3.05) is 0 Å². The van der Waals surface area contributed by atoms with Crippen LogP contribution in [0.4, 0.5) is 0 Å². The Morgan fingerprint density at radius 3 is 2.02 bits per heavy atom. The molecule has 0 saturated carbocycles. The van der Waals surface area contributed by atoms with Crippen LogP contribution in [-0.2, 0) is 0 Å². The molecular weight excluding hydrogens is 560 g/mol. The fourth-order valence-corrected chi connectivity index (χ4v) is 7.96. The average Bonchev–Trinajstić information content (AvgIpc) is 3.77. The van der Waals surface area contributed by atoms with E-state index in [4.69, 9.17) is 9.40 Å². The van der Waals surface area contributed by atoms with Gasteiger partial charge in [-0.25, -0.2) is 4.98 Å². The van der Waals surface area contributed by atoms with Crippen LogP contribution in [0.2, 0.25) is 0 Å². The molecule has 3 heterocycles. The molecule has 0 radical (unpaired) electrons. The summed E-state index contributed by atoms with van der Waals surface area (Å²) in [7, 11) is 0. The van der Waals surface area contributed by atoms with Gasteiger partial charge in [0.1, 0.15) is 17.0 Å². The largest absolute Gasteiger partial charge is 0.456 e. The first-order valence-electron chi connectivity index (χ1n) is 15.7. The summed E-state index contributed by atoms with van der Waals surface area (Å²) >= 11 is 0. The molecular formula is C43H24N2O.